The number of Topliss-reactive ketones (excluding diaryl/α,β-unsaturated/α-hetero) is 1. The second-order valence-corrected chi connectivity index (χ2v) is 21.0. The maximum atomic E-state index is 13.5. The maximum Gasteiger partial charge on any atom is 0.408 e. The minimum absolute atomic E-state index is 0.00601. The van der Waals surface area contributed by atoms with E-state index in [1.54, 1.807) is 52.1 Å². The van der Waals surface area contributed by atoms with Crippen LogP contribution in [0.4, 0.5) is 4.79 Å². The molecule has 11 heteroatoms. The summed E-state index contributed by atoms with van der Waals surface area (Å²) >= 11 is 0. The van der Waals surface area contributed by atoms with Crippen molar-refractivity contribution in [1.29, 1.82) is 0 Å². The van der Waals surface area contributed by atoms with E-state index in [1.807, 2.05) is 25.7 Å². The summed E-state index contributed by atoms with van der Waals surface area (Å²) in [5.41, 5.74) is 4.31. The first-order valence-electron chi connectivity index (χ1n) is 16.3. The summed E-state index contributed by atoms with van der Waals surface area (Å²) in [5, 5.41) is 2.88. The lowest BCUT2D eigenvalue weighted by Gasteiger charge is -2.37. The van der Waals surface area contributed by atoms with Crippen molar-refractivity contribution in [3.8, 4) is 17.2 Å². The third kappa shape index (κ3) is 13.5. The lowest BCUT2D eigenvalue weighted by atomic mass is 9.83. The van der Waals surface area contributed by atoms with E-state index in [4.69, 9.17) is 14.2 Å². The smallest absolute Gasteiger partial charge is 0.408 e. The fourth-order valence-electron chi connectivity index (χ4n) is 5.57. The summed E-state index contributed by atoms with van der Waals surface area (Å²) < 4.78 is 45.5. The molecule has 0 spiro atoms. The van der Waals surface area contributed by atoms with Crippen LogP contribution >= 0.6 is 0 Å². The topological polar surface area (TPSA) is 111 Å². The van der Waals surface area contributed by atoms with Crippen molar-refractivity contribution in [2.75, 3.05) is 20.0 Å². The van der Waals surface area contributed by atoms with Gasteiger partial charge in [-0.15, -0.1) is 5.54 Å². The summed E-state index contributed by atoms with van der Waals surface area (Å²) in [7, 11) is -4.24. The van der Waals surface area contributed by atoms with Gasteiger partial charge in [0.1, 0.15) is 19.4 Å². The van der Waals surface area contributed by atoms with Gasteiger partial charge in [0.15, 0.2) is 0 Å². The van der Waals surface area contributed by atoms with Gasteiger partial charge in [-0.2, -0.15) is 4.31 Å². The van der Waals surface area contributed by atoms with Crippen LogP contribution in [0.5, 0.6) is 5.75 Å². The van der Waals surface area contributed by atoms with Gasteiger partial charge in [-0.1, -0.05) is 62.1 Å². The molecule has 0 aliphatic heterocycles. The van der Waals surface area contributed by atoms with Gasteiger partial charge in [-0.3, -0.25) is 4.79 Å². The van der Waals surface area contributed by atoms with Crippen molar-refractivity contribution in [2.45, 2.75) is 109 Å². The van der Waals surface area contributed by atoms with Crippen LogP contribution in [0.15, 0.2) is 54.6 Å². The Morgan fingerprint density at radius 1 is 1.00 bits per heavy atom. The molecule has 2 aromatic carbocycles. The minimum atomic E-state index is -3.90. The molecule has 2 atom stereocenters. The monoisotopic (exact) mass is 684 g/mol. The lowest BCUT2D eigenvalue weighted by molar-refractivity contribution is -0.115. The Morgan fingerprint density at radius 2 is 1.62 bits per heavy atom. The second kappa shape index (κ2) is 16.8. The van der Waals surface area contributed by atoms with E-state index < -0.39 is 47.7 Å². The zero-order valence-electron chi connectivity index (χ0n) is 29.2. The highest BCUT2D eigenvalue weighted by Gasteiger charge is 2.37. The summed E-state index contributed by atoms with van der Waals surface area (Å²) in [6, 6.07) is 15.6. The molecule has 0 bridgehead atoms. The molecule has 0 aromatic heterocycles. The largest absolute Gasteiger partial charge is 0.497 e. The molecule has 258 valence electrons. The van der Waals surface area contributed by atoms with Crippen molar-refractivity contribution in [3.05, 3.63) is 65.7 Å². The number of sulfonamides is 1. The number of amides is 1. The number of nitrogens with zero attached hydrogens (tertiary/aromatic N) is 1. The molecule has 1 N–H and O–H groups in total. The van der Waals surface area contributed by atoms with Crippen molar-refractivity contribution in [3.63, 3.8) is 0 Å². The number of hydrogen-bond acceptors (Lipinski definition) is 7. The lowest BCUT2D eigenvalue weighted by Crippen LogP contribution is -2.56. The molecule has 1 fully saturated rings. The Hall–Kier alpha value is -3.17. The highest BCUT2D eigenvalue weighted by molar-refractivity contribution is 7.88. The zero-order valence-corrected chi connectivity index (χ0v) is 31.0. The molecule has 0 heterocycles. The number of alkyl carbamates (subject to hydrolysis) is 1. The Kier molecular flexibility index (Phi) is 13.7. The van der Waals surface area contributed by atoms with Crippen molar-refractivity contribution in [2.24, 2.45) is 0 Å². The van der Waals surface area contributed by atoms with Gasteiger partial charge in [0.2, 0.25) is 15.8 Å². The SMILES string of the molecule is COc1ccc(CN([C@@H](CC(=O)C#C[Si](C)(C)C)[C@H](COC2CCC(c3ccccc3)CC2)NC(=O)OC(C)(C)C)S(C)(=O)=O)cc1. The first-order chi connectivity index (χ1) is 21.9. The Balaban J connectivity index is 1.94. The van der Waals surface area contributed by atoms with E-state index in [0.29, 0.717) is 17.2 Å². The van der Waals surface area contributed by atoms with Crippen molar-refractivity contribution >= 4 is 30.0 Å². The fourth-order valence-corrected chi connectivity index (χ4v) is 7.18. The summed E-state index contributed by atoms with van der Waals surface area (Å²) in [6.45, 7) is 11.3. The predicted octanol–water partition coefficient (Wildman–Crippen LogP) is 6.30. The van der Waals surface area contributed by atoms with Gasteiger partial charge in [0.05, 0.1) is 38.2 Å². The number of carbonyl (C=O) groups excluding carboxylic acids is 2. The molecule has 0 radical (unpaired) electrons. The minimum Gasteiger partial charge on any atom is -0.497 e. The van der Waals surface area contributed by atoms with E-state index in [1.165, 1.54) is 9.87 Å². The third-order valence-electron chi connectivity index (χ3n) is 7.89. The molecule has 1 saturated carbocycles. The molecule has 1 aliphatic carbocycles. The molecular formula is C36H52N2O7SSi. The molecule has 9 nitrogen and oxygen atoms in total. The molecule has 47 heavy (non-hydrogen) atoms. The van der Waals surface area contributed by atoms with Gasteiger partial charge < -0.3 is 19.5 Å². The van der Waals surface area contributed by atoms with Crippen LogP contribution in [0.3, 0.4) is 0 Å². The molecule has 0 unspecified atom stereocenters. The average Bonchev–Trinajstić information content (AvgIpc) is 2.99. The summed E-state index contributed by atoms with van der Waals surface area (Å²) in [6.07, 6.45) is 3.65. The van der Waals surface area contributed by atoms with Crippen LogP contribution in [0, 0.1) is 11.5 Å². The van der Waals surface area contributed by atoms with Gasteiger partial charge in [-0.05, 0) is 81.6 Å². The average molecular weight is 685 g/mol. The summed E-state index contributed by atoms with van der Waals surface area (Å²) in [4.78, 5) is 26.6. The van der Waals surface area contributed by atoms with E-state index in [9.17, 15) is 18.0 Å². The molecule has 0 saturated heterocycles. The standard InChI is InChI=1S/C36H52N2O7SSi/c1-36(2,3)45-35(40)37-33(26-44-32-20-16-29(17-21-32)28-12-10-9-11-13-28)34(24-30(39)22-23-47(6,7)8)38(46(5,41)42)25-27-14-18-31(43-4)19-15-27/h9-15,18-19,29,32-34H,16-17,20-21,24-26H2,1-8H3,(H,37,40)/t29?,32?,33-,34-/m0/s1. The molecule has 1 amide bonds. The van der Waals surface area contributed by atoms with Gasteiger partial charge in [-0.25, -0.2) is 13.2 Å². The Bertz CT molecular complexity index is 1480. The van der Waals surface area contributed by atoms with Crippen LogP contribution < -0.4 is 10.1 Å². The van der Waals surface area contributed by atoms with E-state index in [2.05, 4.69) is 41.0 Å². The predicted molar refractivity (Wildman–Crippen MR) is 188 cm³/mol. The maximum absolute atomic E-state index is 13.5. The van der Waals surface area contributed by atoms with E-state index in [-0.39, 0.29) is 25.7 Å². The number of rotatable bonds is 13. The normalized spacial score (nSPS) is 18.4. The van der Waals surface area contributed by atoms with Gasteiger partial charge in [0.25, 0.3) is 0 Å². The van der Waals surface area contributed by atoms with Crippen LogP contribution in [-0.2, 0) is 30.8 Å². The Morgan fingerprint density at radius 3 is 2.15 bits per heavy atom. The quantitative estimate of drug-likeness (QED) is 0.195. The van der Waals surface area contributed by atoms with E-state index >= 15 is 0 Å². The molecule has 3 rings (SSSR count). The summed E-state index contributed by atoms with van der Waals surface area (Å²) in [5.74, 6) is 3.44. The first-order valence-corrected chi connectivity index (χ1v) is 21.6. The fraction of sp³-hybridized carbons (Fsp3) is 0.556. The third-order valence-corrected chi connectivity index (χ3v) is 10.0. The second-order valence-electron chi connectivity index (χ2n) is 14.3. The highest BCUT2D eigenvalue weighted by atomic mass is 32.2. The zero-order chi connectivity index (χ0) is 34.8. The Labute approximate surface area is 282 Å². The number of benzene rings is 2. The number of hydrogen-bond donors (Lipinski definition) is 1. The van der Waals surface area contributed by atoms with Crippen LogP contribution in [-0.4, -0.2) is 76.4 Å². The van der Waals surface area contributed by atoms with Crippen molar-refractivity contribution in [1.82, 2.24) is 9.62 Å². The number of carbonyl (C=O) groups is 2. The van der Waals surface area contributed by atoms with Gasteiger partial charge >= 0.3 is 6.09 Å². The molecule has 2 aromatic rings. The number of nitrogens with one attached hydrogen (secondary N) is 1. The van der Waals surface area contributed by atoms with Crippen LogP contribution in [0.2, 0.25) is 19.6 Å². The van der Waals surface area contributed by atoms with Crippen LogP contribution in [0.1, 0.15) is 69.9 Å². The number of ketones is 1. The van der Waals surface area contributed by atoms with Crippen LogP contribution in [0.25, 0.3) is 0 Å². The molecular weight excluding hydrogens is 633 g/mol. The first kappa shape index (κ1) is 38.3. The highest BCUT2D eigenvalue weighted by Crippen LogP contribution is 2.34. The van der Waals surface area contributed by atoms with Gasteiger partial charge in [0, 0.05) is 13.0 Å². The molecule has 1 aliphatic rings. The number of methoxy groups -OCH3 is 1. The van der Waals surface area contributed by atoms with E-state index in [0.717, 1.165) is 31.9 Å². The van der Waals surface area contributed by atoms with Crippen molar-refractivity contribution < 1.29 is 32.2 Å². The number of ether oxygens (including phenoxy) is 3.